The lowest BCUT2D eigenvalue weighted by atomic mass is 9.95. The van der Waals surface area contributed by atoms with Crippen LogP contribution in [-0.2, 0) is 16.1 Å². The van der Waals surface area contributed by atoms with Gasteiger partial charge in [-0.05, 0) is 49.9 Å². The molecule has 1 aliphatic heterocycles. The molecule has 2 aromatic carbocycles. The Morgan fingerprint density at radius 3 is 2.56 bits per heavy atom. The van der Waals surface area contributed by atoms with E-state index < -0.39 is 6.04 Å². The number of rotatable bonds is 14. The van der Waals surface area contributed by atoms with Crippen molar-refractivity contribution in [1.29, 1.82) is 0 Å². The highest BCUT2D eigenvalue weighted by Gasteiger charge is 2.35. The number of aromatic nitrogens is 3. The van der Waals surface area contributed by atoms with Gasteiger partial charge in [0.25, 0.3) is 0 Å². The van der Waals surface area contributed by atoms with Crippen LogP contribution in [0.1, 0.15) is 70.5 Å². The maximum absolute atomic E-state index is 13.4. The maximum atomic E-state index is 13.4. The fourth-order valence-corrected chi connectivity index (χ4v) is 5.19. The fourth-order valence-electron chi connectivity index (χ4n) is 4.28. The molecular weight excluding hydrogens is 512 g/mol. The highest BCUT2D eigenvalue weighted by molar-refractivity contribution is 7.99. The lowest BCUT2D eigenvalue weighted by molar-refractivity contribution is -0.139. The number of unbranched alkanes of at least 4 members (excludes halogenated alkanes) is 2. The fraction of sp³-hybridized carbons (Fsp3) is 0.433. The number of carbonyl (C=O) groups excluding carboxylic acids is 1. The zero-order valence-corrected chi connectivity index (χ0v) is 24.1. The Morgan fingerprint density at radius 1 is 1.03 bits per heavy atom. The van der Waals surface area contributed by atoms with E-state index in [1.54, 1.807) is 16.4 Å². The van der Waals surface area contributed by atoms with Gasteiger partial charge in [0, 0.05) is 11.4 Å². The maximum Gasteiger partial charge on any atom is 0.338 e. The molecule has 4 rings (SSSR count). The van der Waals surface area contributed by atoms with E-state index in [-0.39, 0.29) is 5.97 Å². The number of benzene rings is 2. The van der Waals surface area contributed by atoms with Crippen molar-refractivity contribution >= 4 is 23.7 Å². The molecule has 8 nitrogen and oxygen atoms in total. The van der Waals surface area contributed by atoms with Crippen LogP contribution in [0.4, 0.5) is 5.95 Å². The largest absolute Gasteiger partial charge is 0.490 e. The Morgan fingerprint density at radius 2 is 1.82 bits per heavy atom. The predicted octanol–water partition coefficient (Wildman–Crippen LogP) is 6.78. The van der Waals surface area contributed by atoms with Gasteiger partial charge in [0.05, 0.1) is 18.8 Å². The van der Waals surface area contributed by atoms with Crippen LogP contribution in [0.25, 0.3) is 0 Å². The van der Waals surface area contributed by atoms with Crippen LogP contribution in [0.15, 0.2) is 65.0 Å². The molecule has 3 aromatic rings. The van der Waals surface area contributed by atoms with E-state index >= 15 is 0 Å². The molecule has 39 heavy (non-hydrogen) atoms. The molecule has 2 heterocycles. The molecule has 1 unspecified atom stereocenters. The number of esters is 1. The van der Waals surface area contributed by atoms with Crippen LogP contribution in [0.5, 0.6) is 11.5 Å². The smallest absolute Gasteiger partial charge is 0.338 e. The first-order chi connectivity index (χ1) is 19.0. The minimum absolute atomic E-state index is 0.359. The van der Waals surface area contributed by atoms with Crippen LogP contribution in [0.3, 0.4) is 0 Å². The molecule has 0 fully saturated rings. The first-order valence-corrected chi connectivity index (χ1v) is 14.7. The lowest BCUT2D eigenvalue weighted by Gasteiger charge is -2.28. The molecule has 1 atom stereocenters. The summed E-state index contributed by atoms with van der Waals surface area (Å²) in [5, 5.41) is 8.77. The van der Waals surface area contributed by atoms with Gasteiger partial charge in [-0.1, -0.05) is 74.8 Å². The predicted molar refractivity (Wildman–Crippen MR) is 154 cm³/mol. The average Bonchev–Trinajstić information content (AvgIpc) is 3.34. The van der Waals surface area contributed by atoms with Crippen molar-refractivity contribution in [2.24, 2.45) is 0 Å². The Bertz CT molecular complexity index is 1280. The first-order valence-electron chi connectivity index (χ1n) is 13.7. The molecule has 208 valence electrons. The van der Waals surface area contributed by atoms with Crippen molar-refractivity contribution < 1.29 is 19.0 Å². The third kappa shape index (κ3) is 7.15. The molecule has 0 radical (unpaired) electrons. The first kappa shape index (κ1) is 28.5. The monoisotopic (exact) mass is 550 g/mol. The highest BCUT2D eigenvalue weighted by Crippen LogP contribution is 2.40. The number of ether oxygens (including phenoxy) is 3. The number of thioether (sulfide) groups is 1. The molecular formula is C30H38N4O4S. The van der Waals surface area contributed by atoms with Crippen LogP contribution in [0, 0.1) is 0 Å². The summed E-state index contributed by atoms with van der Waals surface area (Å²) < 4.78 is 19.6. The number of hydrogen-bond acceptors (Lipinski definition) is 8. The molecule has 1 aromatic heterocycles. The van der Waals surface area contributed by atoms with E-state index in [0.29, 0.717) is 53.7 Å². The van der Waals surface area contributed by atoms with Gasteiger partial charge in [-0.3, -0.25) is 0 Å². The molecule has 9 heteroatoms. The normalized spacial score (nSPS) is 14.5. The average molecular weight is 551 g/mol. The molecule has 0 bridgehead atoms. The van der Waals surface area contributed by atoms with E-state index in [1.165, 1.54) is 0 Å². The third-order valence-corrected chi connectivity index (χ3v) is 7.26. The van der Waals surface area contributed by atoms with Gasteiger partial charge in [0.15, 0.2) is 11.5 Å². The van der Waals surface area contributed by atoms with Gasteiger partial charge in [0.2, 0.25) is 11.1 Å². The number of allylic oxidation sites excluding steroid dienone is 1. The van der Waals surface area contributed by atoms with Crippen molar-refractivity contribution in [3.63, 3.8) is 0 Å². The Labute approximate surface area is 235 Å². The van der Waals surface area contributed by atoms with Crippen molar-refractivity contribution in [3.05, 3.63) is 70.9 Å². The van der Waals surface area contributed by atoms with Gasteiger partial charge in [-0.25, -0.2) is 9.48 Å². The van der Waals surface area contributed by atoms with E-state index in [1.807, 2.05) is 62.4 Å². The van der Waals surface area contributed by atoms with E-state index in [9.17, 15) is 4.79 Å². The van der Waals surface area contributed by atoms with Crippen molar-refractivity contribution in [2.75, 3.05) is 24.3 Å². The van der Waals surface area contributed by atoms with Crippen molar-refractivity contribution in [2.45, 2.75) is 71.2 Å². The molecule has 0 spiro atoms. The number of fused-ring (bicyclic) bond motifs is 1. The summed E-state index contributed by atoms with van der Waals surface area (Å²) in [6, 6.07) is 15.3. The standard InChI is InChI=1S/C30H38N4O4S/c1-5-8-17-37-28(35)26-21(4)31-29-32-30(39-18-9-6-2)33-34(29)27(26)23-15-16-24(25(19-23)36-7-3)38-20-22-13-11-10-12-14-22/h10-16,19,27H,5-9,17-18,20H2,1-4H3,(H,31,32,33). The second-order valence-electron chi connectivity index (χ2n) is 9.33. The number of nitrogens with zero attached hydrogens (tertiary/aromatic N) is 3. The van der Waals surface area contributed by atoms with Crippen LogP contribution < -0.4 is 14.8 Å². The summed E-state index contributed by atoms with van der Waals surface area (Å²) in [7, 11) is 0. The molecule has 0 amide bonds. The van der Waals surface area contributed by atoms with Gasteiger partial charge >= 0.3 is 5.97 Å². The van der Waals surface area contributed by atoms with Gasteiger partial charge in [-0.15, -0.1) is 5.10 Å². The summed E-state index contributed by atoms with van der Waals surface area (Å²) in [5.74, 6) is 2.43. The quantitative estimate of drug-likeness (QED) is 0.134. The summed E-state index contributed by atoms with van der Waals surface area (Å²) in [6.45, 7) is 9.33. The molecule has 1 N–H and O–H groups in total. The van der Waals surface area contributed by atoms with Crippen LogP contribution in [0.2, 0.25) is 0 Å². The minimum atomic E-state index is -0.522. The Kier molecular flexibility index (Phi) is 10.3. The Hall–Kier alpha value is -3.46. The number of hydrogen-bond donors (Lipinski definition) is 1. The number of carbonyl (C=O) groups is 1. The number of anilines is 1. The van der Waals surface area contributed by atoms with Crippen molar-refractivity contribution in [1.82, 2.24) is 14.8 Å². The molecule has 0 saturated heterocycles. The second-order valence-corrected chi connectivity index (χ2v) is 10.4. The SMILES string of the molecule is CCCCOC(=O)C1=C(C)Nc2nc(SCCCC)nn2C1c1ccc(OCc2ccccc2)c(OCC)c1. The van der Waals surface area contributed by atoms with Crippen LogP contribution in [-0.4, -0.2) is 39.7 Å². The van der Waals surface area contributed by atoms with Gasteiger partial charge in [-0.2, -0.15) is 4.98 Å². The summed E-state index contributed by atoms with van der Waals surface area (Å²) in [5.41, 5.74) is 3.12. The second kappa shape index (κ2) is 14.1. The Balaban J connectivity index is 1.70. The zero-order chi connectivity index (χ0) is 27.6. The molecule has 0 saturated carbocycles. The van der Waals surface area contributed by atoms with E-state index in [4.69, 9.17) is 24.3 Å². The zero-order valence-electron chi connectivity index (χ0n) is 23.2. The molecule has 0 aliphatic carbocycles. The topological polar surface area (TPSA) is 87.5 Å². The highest BCUT2D eigenvalue weighted by atomic mass is 32.2. The summed E-state index contributed by atoms with van der Waals surface area (Å²) in [6.07, 6.45) is 3.94. The number of nitrogens with one attached hydrogen (secondary N) is 1. The minimum Gasteiger partial charge on any atom is -0.490 e. The van der Waals surface area contributed by atoms with Crippen LogP contribution >= 0.6 is 11.8 Å². The third-order valence-electron chi connectivity index (χ3n) is 6.33. The molecule has 1 aliphatic rings. The van der Waals surface area contributed by atoms with E-state index in [0.717, 1.165) is 42.6 Å². The summed E-state index contributed by atoms with van der Waals surface area (Å²) >= 11 is 1.62. The van der Waals surface area contributed by atoms with Gasteiger partial charge in [0.1, 0.15) is 12.6 Å². The van der Waals surface area contributed by atoms with Crippen molar-refractivity contribution in [3.8, 4) is 11.5 Å². The summed E-state index contributed by atoms with van der Waals surface area (Å²) in [4.78, 5) is 18.1. The van der Waals surface area contributed by atoms with Gasteiger partial charge < -0.3 is 19.5 Å². The lowest BCUT2D eigenvalue weighted by Crippen LogP contribution is -2.30. The van der Waals surface area contributed by atoms with E-state index in [2.05, 4.69) is 19.2 Å².